The summed E-state index contributed by atoms with van der Waals surface area (Å²) >= 11 is 13.0. The number of ether oxygens (including phenoxy) is 1. The Morgan fingerprint density at radius 2 is 1.75 bits per heavy atom. The highest BCUT2D eigenvalue weighted by molar-refractivity contribution is 6.35. The van der Waals surface area contributed by atoms with E-state index in [0.29, 0.717) is 30.9 Å². The molecule has 2 saturated heterocycles. The van der Waals surface area contributed by atoms with Gasteiger partial charge in [0.25, 0.3) is 5.91 Å². The standard InChI is InChI=1S/C24H24Cl2N2O4/c1-32-22(29)14-12-19(26)21-20(13-14)28(11-10-27-15-6-7-16(27)9-8-15)23(30)24(21,31)17-4-2-3-5-18(17)25/h2-5,12-13,15-16,31H,6-11H2,1H3. The van der Waals surface area contributed by atoms with Gasteiger partial charge in [-0.1, -0.05) is 41.4 Å². The third-order valence-electron chi connectivity index (χ3n) is 7.15. The molecule has 2 aromatic carbocycles. The fourth-order valence-electron chi connectivity index (χ4n) is 5.64. The van der Waals surface area contributed by atoms with Gasteiger partial charge in [-0.3, -0.25) is 9.69 Å². The van der Waals surface area contributed by atoms with Crippen molar-refractivity contribution in [2.45, 2.75) is 43.4 Å². The second-order valence-corrected chi connectivity index (χ2v) is 9.51. The van der Waals surface area contributed by atoms with E-state index in [9.17, 15) is 14.7 Å². The van der Waals surface area contributed by atoms with Gasteiger partial charge >= 0.3 is 5.97 Å². The molecular formula is C24H24Cl2N2O4. The van der Waals surface area contributed by atoms with E-state index in [1.165, 1.54) is 43.8 Å². The molecule has 1 amide bonds. The van der Waals surface area contributed by atoms with Crippen LogP contribution in [-0.4, -0.2) is 54.2 Å². The third kappa shape index (κ3) is 3.16. The SMILES string of the molecule is COC(=O)c1cc(Cl)c2c(c1)N(CCN1C3CCC1CC3)C(=O)C2(O)c1ccccc1Cl. The molecule has 1 unspecified atom stereocenters. The lowest BCUT2D eigenvalue weighted by atomic mass is 9.87. The van der Waals surface area contributed by atoms with E-state index in [1.807, 2.05) is 0 Å². The maximum atomic E-state index is 13.7. The Labute approximate surface area is 196 Å². The van der Waals surface area contributed by atoms with Crippen molar-refractivity contribution in [3.8, 4) is 0 Å². The second kappa shape index (κ2) is 8.03. The van der Waals surface area contributed by atoms with Gasteiger partial charge in [0.1, 0.15) is 0 Å². The first-order valence-electron chi connectivity index (χ1n) is 10.8. The van der Waals surface area contributed by atoms with E-state index < -0.39 is 17.5 Å². The van der Waals surface area contributed by atoms with Gasteiger partial charge in [0.15, 0.2) is 5.60 Å². The van der Waals surface area contributed by atoms with Crippen LogP contribution in [0.4, 0.5) is 5.69 Å². The molecule has 2 bridgehead atoms. The average molecular weight is 475 g/mol. The van der Waals surface area contributed by atoms with Crippen molar-refractivity contribution in [1.82, 2.24) is 4.90 Å². The summed E-state index contributed by atoms with van der Waals surface area (Å²) in [7, 11) is 1.29. The molecular weight excluding hydrogens is 451 g/mol. The van der Waals surface area contributed by atoms with Crippen LogP contribution in [0.3, 0.4) is 0 Å². The number of carbonyl (C=O) groups excluding carboxylic acids is 2. The number of fused-ring (bicyclic) bond motifs is 3. The number of halogens is 2. The van der Waals surface area contributed by atoms with Crippen molar-refractivity contribution in [1.29, 1.82) is 0 Å². The zero-order chi connectivity index (χ0) is 22.6. The molecule has 8 heteroatoms. The first kappa shape index (κ1) is 21.7. The average Bonchev–Trinajstić information content (AvgIpc) is 3.43. The summed E-state index contributed by atoms with van der Waals surface area (Å²) in [6.45, 7) is 1.08. The van der Waals surface area contributed by atoms with Crippen LogP contribution in [0.1, 0.15) is 47.2 Å². The zero-order valence-corrected chi connectivity index (χ0v) is 19.2. The minimum atomic E-state index is -2.04. The molecule has 0 saturated carbocycles. The Hall–Kier alpha value is -2.12. The molecule has 1 atom stereocenters. The Morgan fingerprint density at radius 1 is 1.09 bits per heavy atom. The molecule has 5 rings (SSSR count). The molecule has 0 radical (unpaired) electrons. The molecule has 0 aliphatic carbocycles. The highest BCUT2D eigenvalue weighted by Crippen LogP contribution is 2.50. The molecule has 0 spiro atoms. The molecule has 3 aliphatic rings. The number of esters is 1. The number of nitrogens with zero attached hydrogens (tertiary/aromatic N) is 2. The lowest BCUT2D eigenvalue weighted by Crippen LogP contribution is -2.45. The number of methoxy groups -OCH3 is 1. The number of amides is 1. The number of hydrogen-bond donors (Lipinski definition) is 1. The van der Waals surface area contributed by atoms with Crippen molar-refractivity contribution in [2.24, 2.45) is 0 Å². The van der Waals surface area contributed by atoms with Crippen LogP contribution in [0.2, 0.25) is 10.0 Å². The minimum absolute atomic E-state index is 0.113. The first-order chi connectivity index (χ1) is 15.4. The number of aliphatic hydroxyl groups is 1. The van der Waals surface area contributed by atoms with Crippen molar-refractivity contribution >= 4 is 40.8 Å². The Kier molecular flexibility index (Phi) is 5.45. The normalized spacial score (nSPS) is 26.6. The van der Waals surface area contributed by atoms with E-state index in [1.54, 1.807) is 30.3 Å². The minimum Gasteiger partial charge on any atom is -0.465 e. The smallest absolute Gasteiger partial charge is 0.337 e. The molecule has 0 aromatic heterocycles. The number of carbonyl (C=O) groups is 2. The molecule has 3 heterocycles. The largest absolute Gasteiger partial charge is 0.465 e. The molecule has 1 N–H and O–H groups in total. The highest BCUT2D eigenvalue weighted by Gasteiger charge is 2.54. The summed E-state index contributed by atoms with van der Waals surface area (Å²) < 4.78 is 4.85. The predicted molar refractivity (Wildman–Crippen MR) is 122 cm³/mol. The number of anilines is 1. The third-order valence-corrected chi connectivity index (χ3v) is 7.78. The van der Waals surface area contributed by atoms with Crippen molar-refractivity contribution in [3.63, 3.8) is 0 Å². The van der Waals surface area contributed by atoms with Gasteiger partial charge in [-0.05, 0) is 43.9 Å². The van der Waals surface area contributed by atoms with Gasteiger partial charge in [0.2, 0.25) is 0 Å². The summed E-state index contributed by atoms with van der Waals surface area (Å²) in [5, 5.41) is 12.2. The van der Waals surface area contributed by atoms with Gasteiger partial charge < -0.3 is 14.7 Å². The van der Waals surface area contributed by atoms with Crippen molar-refractivity contribution in [2.75, 3.05) is 25.1 Å². The first-order valence-corrected chi connectivity index (χ1v) is 11.6. The zero-order valence-electron chi connectivity index (χ0n) is 17.7. The Morgan fingerprint density at radius 3 is 2.38 bits per heavy atom. The van der Waals surface area contributed by atoms with Crippen LogP contribution >= 0.6 is 23.2 Å². The molecule has 32 heavy (non-hydrogen) atoms. The van der Waals surface area contributed by atoms with Crippen LogP contribution in [0.15, 0.2) is 36.4 Å². The van der Waals surface area contributed by atoms with Crippen molar-refractivity contribution < 1.29 is 19.4 Å². The van der Waals surface area contributed by atoms with E-state index in [0.717, 1.165) is 0 Å². The Balaban J connectivity index is 1.59. The van der Waals surface area contributed by atoms with Crippen LogP contribution in [0, 0.1) is 0 Å². The second-order valence-electron chi connectivity index (χ2n) is 8.69. The van der Waals surface area contributed by atoms with E-state index in [4.69, 9.17) is 27.9 Å². The van der Waals surface area contributed by atoms with Crippen LogP contribution in [-0.2, 0) is 15.1 Å². The molecule has 168 valence electrons. The van der Waals surface area contributed by atoms with Gasteiger partial charge in [0.05, 0.1) is 23.4 Å². The summed E-state index contributed by atoms with van der Waals surface area (Å²) in [6, 6.07) is 10.8. The maximum Gasteiger partial charge on any atom is 0.337 e. The number of rotatable bonds is 5. The summed E-state index contributed by atoms with van der Waals surface area (Å²) in [5.74, 6) is -1.08. The van der Waals surface area contributed by atoms with Crippen LogP contribution < -0.4 is 4.90 Å². The number of hydrogen-bond acceptors (Lipinski definition) is 5. The molecule has 2 fully saturated rings. The Bertz CT molecular complexity index is 1090. The number of benzene rings is 2. The lowest BCUT2D eigenvalue weighted by molar-refractivity contribution is -0.132. The quantitative estimate of drug-likeness (QED) is 0.663. The lowest BCUT2D eigenvalue weighted by Gasteiger charge is -2.27. The van der Waals surface area contributed by atoms with Gasteiger partial charge in [-0.25, -0.2) is 4.79 Å². The predicted octanol–water partition coefficient (Wildman–Crippen LogP) is 3.99. The fourth-order valence-corrected chi connectivity index (χ4v) is 6.26. The summed E-state index contributed by atoms with van der Waals surface area (Å²) in [4.78, 5) is 30.0. The van der Waals surface area contributed by atoms with Gasteiger partial charge in [-0.15, -0.1) is 0 Å². The maximum absolute atomic E-state index is 13.7. The highest BCUT2D eigenvalue weighted by atomic mass is 35.5. The van der Waals surface area contributed by atoms with Gasteiger partial charge in [0, 0.05) is 41.3 Å². The molecule has 3 aliphatic heterocycles. The van der Waals surface area contributed by atoms with Crippen LogP contribution in [0.25, 0.3) is 0 Å². The topological polar surface area (TPSA) is 70.1 Å². The monoisotopic (exact) mass is 474 g/mol. The van der Waals surface area contributed by atoms with Crippen molar-refractivity contribution in [3.05, 3.63) is 63.1 Å². The molecule has 6 nitrogen and oxygen atoms in total. The van der Waals surface area contributed by atoms with Gasteiger partial charge in [-0.2, -0.15) is 0 Å². The summed E-state index contributed by atoms with van der Waals surface area (Å²) in [5.41, 5.74) is -0.891. The fraction of sp³-hybridized carbons (Fsp3) is 0.417. The van der Waals surface area contributed by atoms with E-state index in [-0.39, 0.29) is 26.7 Å². The molecule has 2 aromatic rings. The summed E-state index contributed by atoms with van der Waals surface area (Å²) in [6.07, 6.45) is 4.77. The van der Waals surface area contributed by atoms with Crippen LogP contribution in [0.5, 0.6) is 0 Å². The van der Waals surface area contributed by atoms with E-state index in [2.05, 4.69) is 4.90 Å². The van der Waals surface area contributed by atoms with E-state index >= 15 is 0 Å².